The van der Waals surface area contributed by atoms with Crippen molar-refractivity contribution >= 4 is 41.3 Å². The summed E-state index contributed by atoms with van der Waals surface area (Å²) in [7, 11) is 0. The molecule has 0 spiro atoms. The summed E-state index contributed by atoms with van der Waals surface area (Å²) in [4.78, 5) is 10.6. The maximum Gasteiger partial charge on any atom is 0.191 e. The van der Waals surface area contributed by atoms with E-state index in [1.165, 1.54) is 10.4 Å². The van der Waals surface area contributed by atoms with Crippen molar-refractivity contribution in [3.8, 4) is 5.69 Å². The van der Waals surface area contributed by atoms with Crippen LogP contribution in [0, 0.1) is 13.8 Å². The Morgan fingerprint density at radius 1 is 1.28 bits per heavy atom. The Morgan fingerprint density at radius 3 is 2.76 bits per heavy atom. The molecule has 0 fully saturated rings. The summed E-state index contributed by atoms with van der Waals surface area (Å²) in [5.41, 5.74) is 3.36. The number of thiazole rings is 1. The van der Waals surface area contributed by atoms with Crippen LogP contribution in [0.4, 0.5) is 0 Å². The van der Waals surface area contributed by atoms with Gasteiger partial charge in [-0.25, -0.2) is 9.67 Å². The molecule has 8 heteroatoms. The van der Waals surface area contributed by atoms with Crippen LogP contribution < -0.4 is 10.6 Å². The highest BCUT2D eigenvalue weighted by molar-refractivity contribution is 14.0. The summed E-state index contributed by atoms with van der Waals surface area (Å²) >= 11 is 1.76. The van der Waals surface area contributed by atoms with Crippen LogP contribution in [-0.2, 0) is 6.42 Å². The van der Waals surface area contributed by atoms with E-state index in [9.17, 15) is 0 Å². The quantitative estimate of drug-likeness (QED) is 0.273. The van der Waals surface area contributed by atoms with E-state index in [2.05, 4.69) is 72.7 Å². The summed E-state index contributed by atoms with van der Waals surface area (Å²) in [5.74, 6) is 0.832. The van der Waals surface area contributed by atoms with Crippen molar-refractivity contribution in [1.29, 1.82) is 0 Å². The number of hydrogen-bond donors (Lipinski definition) is 2. The first-order chi connectivity index (χ1) is 13.6. The SMILES string of the molecule is CCNC(=NCCc1sc(C)nc1C)NC(C)c1cccc(-n2cccn2)c1.I. The summed E-state index contributed by atoms with van der Waals surface area (Å²) in [6.07, 6.45) is 4.65. The molecule has 0 aliphatic carbocycles. The number of aromatic nitrogens is 3. The van der Waals surface area contributed by atoms with Crippen molar-refractivity contribution in [2.24, 2.45) is 4.99 Å². The third-order valence-corrected chi connectivity index (χ3v) is 5.58. The Morgan fingerprint density at radius 2 is 2.10 bits per heavy atom. The molecule has 0 saturated heterocycles. The van der Waals surface area contributed by atoms with Gasteiger partial charge in [-0.15, -0.1) is 35.3 Å². The lowest BCUT2D eigenvalue weighted by atomic mass is 10.1. The van der Waals surface area contributed by atoms with Gasteiger partial charge in [0.2, 0.25) is 0 Å². The van der Waals surface area contributed by atoms with E-state index in [0.717, 1.165) is 41.9 Å². The summed E-state index contributed by atoms with van der Waals surface area (Å²) < 4.78 is 1.87. The minimum absolute atomic E-state index is 0. The first-order valence-corrected chi connectivity index (χ1v) is 10.5. The monoisotopic (exact) mass is 524 g/mol. The molecule has 0 amide bonds. The highest BCUT2D eigenvalue weighted by atomic mass is 127. The summed E-state index contributed by atoms with van der Waals surface area (Å²) in [6.45, 7) is 9.90. The largest absolute Gasteiger partial charge is 0.357 e. The number of hydrogen-bond acceptors (Lipinski definition) is 4. The normalized spacial score (nSPS) is 12.3. The van der Waals surface area contributed by atoms with Crippen molar-refractivity contribution in [2.45, 2.75) is 40.2 Å². The molecule has 2 N–H and O–H groups in total. The maximum atomic E-state index is 4.75. The molecule has 2 aromatic heterocycles. The van der Waals surface area contributed by atoms with Gasteiger partial charge in [0.25, 0.3) is 0 Å². The van der Waals surface area contributed by atoms with Gasteiger partial charge in [-0.1, -0.05) is 12.1 Å². The van der Waals surface area contributed by atoms with Crippen LogP contribution in [0.25, 0.3) is 5.69 Å². The molecular formula is C21H29IN6S. The van der Waals surface area contributed by atoms with Crippen molar-refractivity contribution in [2.75, 3.05) is 13.1 Å². The average Bonchev–Trinajstić information content (AvgIpc) is 3.32. The van der Waals surface area contributed by atoms with Crippen molar-refractivity contribution in [3.63, 3.8) is 0 Å². The molecule has 156 valence electrons. The Kier molecular flexibility index (Phi) is 9.09. The van der Waals surface area contributed by atoms with E-state index in [-0.39, 0.29) is 30.0 Å². The zero-order valence-corrected chi connectivity index (χ0v) is 20.5. The van der Waals surface area contributed by atoms with Crippen molar-refractivity contribution in [1.82, 2.24) is 25.4 Å². The highest BCUT2D eigenvalue weighted by Crippen LogP contribution is 2.18. The van der Waals surface area contributed by atoms with E-state index in [1.54, 1.807) is 17.5 Å². The molecule has 0 radical (unpaired) electrons. The second-order valence-electron chi connectivity index (χ2n) is 6.66. The van der Waals surface area contributed by atoms with Crippen LogP contribution in [-0.4, -0.2) is 33.8 Å². The molecule has 3 rings (SSSR count). The van der Waals surface area contributed by atoms with Gasteiger partial charge in [-0.05, 0) is 51.5 Å². The molecule has 29 heavy (non-hydrogen) atoms. The number of aliphatic imine (C=N–C) groups is 1. The minimum Gasteiger partial charge on any atom is -0.357 e. The minimum atomic E-state index is 0. The molecule has 0 bridgehead atoms. The van der Waals surface area contributed by atoms with E-state index in [4.69, 9.17) is 4.99 Å². The summed E-state index contributed by atoms with van der Waals surface area (Å²) in [6, 6.07) is 10.4. The van der Waals surface area contributed by atoms with Crippen LogP contribution >= 0.6 is 35.3 Å². The van der Waals surface area contributed by atoms with E-state index in [1.807, 2.05) is 16.9 Å². The number of nitrogens with one attached hydrogen (secondary N) is 2. The summed E-state index contributed by atoms with van der Waals surface area (Å²) in [5, 5.41) is 12.3. The van der Waals surface area contributed by atoms with Gasteiger partial charge in [-0.2, -0.15) is 5.10 Å². The second-order valence-corrected chi connectivity index (χ2v) is 7.95. The lowest BCUT2D eigenvalue weighted by molar-refractivity contribution is 0.685. The van der Waals surface area contributed by atoms with Gasteiger partial charge in [-0.3, -0.25) is 4.99 Å². The zero-order valence-electron chi connectivity index (χ0n) is 17.3. The number of aryl methyl sites for hydroxylation is 2. The molecule has 1 atom stereocenters. The molecular weight excluding hydrogens is 495 g/mol. The molecule has 0 aliphatic rings. The topological polar surface area (TPSA) is 67.1 Å². The number of halogens is 1. The van der Waals surface area contributed by atoms with Crippen molar-refractivity contribution in [3.05, 3.63) is 63.9 Å². The lowest BCUT2D eigenvalue weighted by Gasteiger charge is -2.19. The second kappa shape index (κ2) is 11.3. The number of nitrogens with zero attached hydrogens (tertiary/aromatic N) is 4. The number of benzene rings is 1. The molecule has 2 heterocycles. The third-order valence-electron chi connectivity index (χ3n) is 4.44. The first-order valence-electron chi connectivity index (χ1n) is 9.64. The van der Waals surface area contributed by atoms with E-state index >= 15 is 0 Å². The van der Waals surface area contributed by atoms with Crippen LogP contribution in [0.2, 0.25) is 0 Å². The number of rotatable bonds is 7. The van der Waals surface area contributed by atoms with Crippen LogP contribution in [0.15, 0.2) is 47.7 Å². The zero-order chi connectivity index (χ0) is 19.9. The van der Waals surface area contributed by atoms with Gasteiger partial charge < -0.3 is 10.6 Å². The Balaban J connectivity index is 0.00000300. The van der Waals surface area contributed by atoms with Crippen molar-refractivity contribution < 1.29 is 0 Å². The lowest BCUT2D eigenvalue weighted by Crippen LogP contribution is -2.38. The standard InChI is InChI=1S/C21H28N6S.HI/c1-5-22-21(23-12-10-20-16(3)25-17(4)28-20)26-15(2)18-8-6-9-19(14-18)27-13-7-11-24-27;/h6-9,11,13-15H,5,10,12H2,1-4H3,(H2,22,23,26);1H. The Hall–Kier alpha value is -1.94. The molecule has 3 aromatic rings. The highest BCUT2D eigenvalue weighted by Gasteiger charge is 2.10. The van der Waals surface area contributed by atoms with Gasteiger partial charge in [0.05, 0.1) is 22.4 Å². The van der Waals surface area contributed by atoms with Crippen LogP contribution in [0.1, 0.15) is 41.0 Å². The number of guanidine groups is 1. The fourth-order valence-electron chi connectivity index (χ4n) is 3.04. The fraction of sp³-hybridized carbons (Fsp3) is 0.381. The molecule has 0 saturated carbocycles. The van der Waals surface area contributed by atoms with E-state index < -0.39 is 0 Å². The van der Waals surface area contributed by atoms with E-state index in [0.29, 0.717) is 0 Å². The predicted molar refractivity (Wildman–Crippen MR) is 132 cm³/mol. The Bertz CT molecular complexity index is 919. The van der Waals surface area contributed by atoms with Gasteiger partial charge in [0, 0.05) is 36.8 Å². The smallest absolute Gasteiger partial charge is 0.191 e. The van der Waals surface area contributed by atoms with Crippen LogP contribution in [0.5, 0.6) is 0 Å². The Labute approximate surface area is 193 Å². The molecule has 1 aromatic carbocycles. The molecule has 0 aliphatic heterocycles. The van der Waals surface area contributed by atoms with Gasteiger partial charge in [0.1, 0.15) is 0 Å². The van der Waals surface area contributed by atoms with Gasteiger partial charge in [0.15, 0.2) is 5.96 Å². The molecule has 6 nitrogen and oxygen atoms in total. The first kappa shape index (κ1) is 23.3. The fourth-order valence-corrected chi connectivity index (χ4v) is 3.97. The average molecular weight is 524 g/mol. The molecule has 1 unspecified atom stereocenters. The van der Waals surface area contributed by atoms with Crippen LogP contribution in [0.3, 0.4) is 0 Å². The predicted octanol–water partition coefficient (Wildman–Crippen LogP) is 4.42. The third kappa shape index (κ3) is 6.53. The van der Waals surface area contributed by atoms with Gasteiger partial charge >= 0.3 is 0 Å². The maximum absolute atomic E-state index is 4.75.